The van der Waals surface area contributed by atoms with Gasteiger partial charge in [0.05, 0.1) is 17.6 Å². The van der Waals surface area contributed by atoms with Crippen LogP contribution >= 0.6 is 0 Å². The molecule has 0 atom stereocenters. The number of hydrogen-bond acceptors (Lipinski definition) is 6. The fourth-order valence-electron chi connectivity index (χ4n) is 2.80. The quantitative estimate of drug-likeness (QED) is 0.750. The molecule has 28 heavy (non-hydrogen) atoms. The first-order valence-electron chi connectivity index (χ1n) is 8.51. The summed E-state index contributed by atoms with van der Waals surface area (Å²) < 4.78 is 9.87. The third kappa shape index (κ3) is 3.73. The van der Waals surface area contributed by atoms with E-state index in [9.17, 15) is 19.2 Å². The Morgan fingerprint density at radius 3 is 2.64 bits per heavy atom. The Bertz CT molecular complexity index is 920. The Morgan fingerprint density at radius 1 is 1.18 bits per heavy atom. The lowest BCUT2D eigenvalue weighted by Gasteiger charge is -2.41. The van der Waals surface area contributed by atoms with E-state index in [2.05, 4.69) is 10.6 Å². The number of para-hydroxylation sites is 2. The summed E-state index contributed by atoms with van der Waals surface area (Å²) in [6.07, 6.45) is 1.33. The normalized spacial score (nSPS) is 14.6. The van der Waals surface area contributed by atoms with Crippen LogP contribution in [-0.2, 0) is 19.1 Å². The molecule has 0 bridgehead atoms. The molecule has 0 saturated carbocycles. The van der Waals surface area contributed by atoms with Crippen molar-refractivity contribution < 1.29 is 28.3 Å². The highest BCUT2D eigenvalue weighted by molar-refractivity contribution is 6.14. The van der Waals surface area contributed by atoms with E-state index in [0.29, 0.717) is 11.4 Å². The summed E-state index contributed by atoms with van der Waals surface area (Å²) in [7, 11) is 0. The van der Waals surface area contributed by atoms with E-state index in [1.165, 1.54) is 17.2 Å². The number of benzene rings is 1. The highest BCUT2D eigenvalue weighted by atomic mass is 16.5. The van der Waals surface area contributed by atoms with Gasteiger partial charge in [0.15, 0.2) is 12.4 Å². The summed E-state index contributed by atoms with van der Waals surface area (Å²) in [6, 6.07) is 9.84. The van der Waals surface area contributed by atoms with E-state index in [-0.39, 0.29) is 11.7 Å². The highest BCUT2D eigenvalue weighted by Gasteiger charge is 2.43. The van der Waals surface area contributed by atoms with Gasteiger partial charge in [0.25, 0.3) is 11.8 Å². The van der Waals surface area contributed by atoms with Crippen molar-refractivity contribution in [2.75, 3.05) is 23.4 Å². The molecule has 0 fully saturated rings. The number of carbonyl (C=O) groups is 4. The minimum Gasteiger partial charge on any atom is -0.459 e. The van der Waals surface area contributed by atoms with Gasteiger partial charge in [0.2, 0.25) is 5.91 Å². The largest absolute Gasteiger partial charge is 0.459 e. The number of ether oxygens (including phenoxy) is 1. The summed E-state index contributed by atoms with van der Waals surface area (Å²) in [5.41, 5.74) is -0.151. The minimum absolute atomic E-state index is 0.0570. The van der Waals surface area contributed by atoms with E-state index in [1.807, 2.05) is 0 Å². The van der Waals surface area contributed by atoms with Crippen molar-refractivity contribution in [3.05, 3.63) is 48.4 Å². The second-order valence-corrected chi connectivity index (χ2v) is 6.58. The second kappa shape index (κ2) is 7.55. The molecule has 2 N–H and O–H groups in total. The third-order valence-electron chi connectivity index (χ3n) is 4.25. The number of anilines is 2. The molecular weight excluding hydrogens is 366 g/mol. The summed E-state index contributed by atoms with van der Waals surface area (Å²) in [5.74, 6) is -2.21. The van der Waals surface area contributed by atoms with E-state index >= 15 is 0 Å². The lowest BCUT2D eigenvalue weighted by Crippen LogP contribution is -2.59. The SMILES string of the molecule is CC1(C)C(=O)Nc2ccccc2N1C(=O)COC(=O)CNC(=O)c1ccco1. The van der Waals surface area contributed by atoms with Gasteiger partial charge in [0.1, 0.15) is 12.1 Å². The van der Waals surface area contributed by atoms with Crippen molar-refractivity contribution in [2.45, 2.75) is 19.4 Å². The number of carbonyl (C=O) groups excluding carboxylic acids is 4. The molecule has 1 aromatic carbocycles. The number of furan rings is 1. The maximum absolute atomic E-state index is 12.7. The van der Waals surface area contributed by atoms with Crippen LogP contribution in [0, 0.1) is 0 Å². The smallest absolute Gasteiger partial charge is 0.325 e. The molecule has 0 aliphatic carbocycles. The molecule has 9 nitrogen and oxygen atoms in total. The fraction of sp³-hybridized carbons (Fsp3) is 0.263. The lowest BCUT2D eigenvalue weighted by atomic mass is 9.96. The molecule has 0 radical (unpaired) electrons. The van der Waals surface area contributed by atoms with Gasteiger partial charge >= 0.3 is 5.97 Å². The van der Waals surface area contributed by atoms with Gasteiger partial charge in [-0.1, -0.05) is 12.1 Å². The van der Waals surface area contributed by atoms with E-state index in [1.54, 1.807) is 44.2 Å². The third-order valence-corrected chi connectivity index (χ3v) is 4.25. The van der Waals surface area contributed by atoms with Crippen LogP contribution in [0.15, 0.2) is 47.1 Å². The van der Waals surface area contributed by atoms with Crippen LogP contribution in [0.1, 0.15) is 24.4 Å². The molecular formula is C19H19N3O6. The van der Waals surface area contributed by atoms with Gasteiger partial charge in [0, 0.05) is 0 Å². The Balaban J connectivity index is 1.61. The first kappa shape index (κ1) is 19.2. The zero-order valence-electron chi connectivity index (χ0n) is 15.4. The molecule has 1 aromatic heterocycles. The van der Waals surface area contributed by atoms with Crippen LogP contribution < -0.4 is 15.5 Å². The van der Waals surface area contributed by atoms with Crippen molar-refractivity contribution in [1.29, 1.82) is 0 Å². The Kier molecular flexibility index (Phi) is 5.16. The van der Waals surface area contributed by atoms with Gasteiger partial charge in [-0.25, -0.2) is 0 Å². The number of nitrogens with zero attached hydrogens (tertiary/aromatic N) is 1. The second-order valence-electron chi connectivity index (χ2n) is 6.58. The average Bonchev–Trinajstić information content (AvgIpc) is 3.20. The van der Waals surface area contributed by atoms with Crippen LogP contribution in [0.4, 0.5) is 11.4 Å². The molecule has 1 aliphatic heterocycles. The fourth-order valence-corrected chi connectivity index (χ4v) is 2.80. The van der Waals surface area contributed by atoms with E-state index in [4.69, 9.17) is 9.15 Å². The zero-order valence-corrected chi connectivity index (χ0v) is 15.4. The summed E-state index contributed by atoms with van der Waals surface area (Å²) in [4.78, 5) is 50.0. The van der Waals surface area contributed by atoms with Gasteiger partial charge in [-0.3, -0.25) is 24.1 Å². The predicted molar refractivity (Wildman–Crippen MR) is 98.6 cm³/mol. The van der Waals surface area contributed by atoms with Crippen LogP contribution in [-0.4, -0.2) is 42.4 Å². The molecule has 0 spiro atoms. The van der Waals surface area contributed by atoms with Gasteiger partial charge in [-0.2, -0.15) is 0 Å². The van der Waals surface area contributed by atoms with Crippen LogP contribution in [0.2, 0.25) is 0 Å². The number of hydrogen-bond donors (Lipinski definition) is 2. The zero-order chi connectivity index (χ0) is 20.3. The molecule has 2 heterocycles. The van der Waals surface area contributed by atoms with Crippen molar-refractivity contribution in [3.8, 4) is 0 Å². The molecule has 0 saturated heterocycles. The van der Waals surface area contributed by atoms with Crippen molar-refractivity contribution >= 4 is 35.1 Å². The molecule has 0 unspecified atom stereocenters. The Labute approximate surface area is 160 Å². The van der Waals surface area contributed by atoms with Crippen molar-refractivity contribution in [1.82, 2.24) is 5.32 Å². The topological polar surface area (TPSA) is 118 Å². The minimum atomic E-state index is -1.16. The molecule has 3 rings (SSSR count). The van der Waals surface area contributed by atoms with Crippen molar-refractivity contribution in [2.24, 2.45) is 0 Å². The number of nitrogens with one attached hydrogen (secondary N) is 2. The summed E-state index contributed by atoms with van der Waals surface area (Å²) in [6.45, 7) is 2.21. The highest BCUT2D eigenvalue weighted by Crippen LogP contribution is 2.36. The first-order valence-corrected chi connectivity index (χ1v) is 8.51. The summed E-state index contributed by atoms with van der Waals surface area (Å²) in [5, 5.41) is 5.08. The van der Waals surface area contributed by atoms with Gasteiger partial charge in [-0.15, -0.1) is 0 Å². The number of rotatable bonds is 5. The number of esters is 1. The van der Waals surface area contributed by atoms with Crippen LogP contribution in [0.5, 0.6) is 0 Å². The Morgan fingerprint density at radius 2 is 1.93 bits per heavy atom. The molecule has 9 heteroatoms. The molecule has 146 valence electrons. The Hall–Kier alpha value is -3.62. The monoisotopic (exact) mass is 385 g/mol. The van der Waals surface area contributed by atoms with Crippen LogP contribution in [0.3, 0.4) is 0 Å². The maximum atomic E-state index is 12.7. The van der Waals surface area contributed by atoms with Crippen LogP contribution in [0.25, 0.3) is 0 Å². The molecule has 1 aliphatic rings. The lowest BCUT2D eigenvalue weighted by molar-refractivity contribution is -0.147. The summed E-state index contributed by atoms with van der Waals surface area (Å²) >= 11 is 0. The predicted octanol–water partition coefficient (Wildman–Crippen LogP) is 1.32. The average molecular weight is 385 g/mol. The van der Waals surface area contributed by atoms with Gasteiger partial charge < -0.3 is 19.8 Å². The number of amides is 3. The standard InChI is InChI=1S/C19H19N3O6/c1-19(2)18(26)21-12-6-3-4-7-13(12)22(19)15(23)11-28-16(24)10-20-17(25)14-8-5-9-27-14/h3-9H,10-11H2,1-2H3,(H,20,25)(H,21,26). The van der Waals surface area contributed by atoms with E-state index in [0.717, 1.165) is 0 Å². The van der Waals surface area contributed by atoms with Gasteiger partial charge in [-0.05, 0) is 38.1 Å². The number of fused-ring (bicyclic) bond motifs is 1. The first-order chi connectivity index (χ1) is 13.3. The van der Waals surface area contributed by atoms with Crippen molar-refractivity contribution in [3.63, 3.8) is 0 Å². The molecule has 3 amide bonds. The molecule has 2 aromatic rings. The van der Waals surface area contributed by atoms with E-state index < -0.39 is 36.5 Å². The maximum Gasteiger partial charge on any atom is 0.325 e.